The number of likely N-dealkylation sites (tertiary alicyclic amines) is 1. The Labute approximate surface area is 190 Å². The zero-order valence-electron chi connectivity index (χ0n) is 18.4. The van der Waals surface area contributed by atoms with Crippen molar-refractivity contribution in [3.05, 3.63) is 66.0 Å². The molecule has 1 aliphatic heterocycles. The van der Waals surface area contributed by atoms with Gasteiger partial charge in [-0.1, -0.05) is 0 Å². The van der Waals surface area contributed by atoms with Crippen LogP contribution in [0.4, 0.5) is 10.2 Å². The minimum absolute atomic E-state index is 0.0295. The minimum Gasteiger partial charge on any atom is -0.382 e. The van der Waals surface area contributed by atoms with Crippen LogP contribution in [-0.4, -0.2) is 56.3 Å². The van der Waals surface area contributed by atoms with Crippen LogP contribution in [0.25, 0.3) is 28.2 Å². The third-order valence-corrected chi connectivity index (χ3v) is 5.95. The third-order valence-electron chi connectivity index (χ3n) is 5.95. The monoisotopic (exact) mass is 445 g/mol. The van der Waals surface area contributed by atoms with E-state index in [0.29, 0.717) is 17.0 Å². The van der Waals surface area contributed by atoms with Gasteiger partial charge in [-0.25, -0.2) is 19.3 Å². The summed E-state index contributed by atoms with van der Waals surface area (Å²) in [6.45, 7) is 3.65. The maximum absolute atomic E-state index is 13.6. The number of benzene rings is 1. The van der Waals surface area contributed by atoms with Gasteiger partial charge >= 0.3 is 0 Å². The fourth-order valence-electron chi connectivity index (χ4n) is 4.17. The van der Waals surface area contributed by atoms with Crippen LogP contribution >= 0.6 is 0 Å². The number of carbonyl (C=O) groups is 1. The molecule has 5 rings (SSSR count). The van der Waals surface area contributed by atoms with E-state index in [9.17, 15) is 9.18 Å². The van der Waals surface area contributed by atoms with E-state index in [1.54, 1.807) is 18.3 Å². The number of carbonyl (C=O) groups excluding carboxylic acids is 1. The average Bonchev–Trinajstić information content (AvgIpc) is 3.38. The molecule has 0 bridgehead atoms. The number of nitrogens with zero attached hydrogens (tertiary/aromatic N) is 5. The lowest BCUT2D eigenvalue weighted by atomic mass is 10.0. The van der Waals surface area contributed by atoms with Crippen LogP contribution in [0.2, 0.25) is 0 Å². The summed E-state index contributed by atoms with van der Waals surface area (Å²) in [7, 11) is 2.02. The Morgan fingerprint density at radius 3 is 2.58 bits per heavy atom. The summed E-state index contributed by atoms with van der Waals surface area (Å²) in [6, 6.07) is 9.75. The van der Waals surface area contributed by atoms with Gasteiger partial charge in [0.2, 0.25) is 0 Å². The van der Waals surface area contributed by atoms with Gasteiger partial charge < -0.3 is 20.4 Å². The molecule has 3 N–H and O–H groups in total. The van der Waals surface area contributed by atoms with E-state index < -0.39 is 0 Å². The smallest absolute Gasteiger partial charge is 0.274 e. The first-order valence-corrected chi connectivity index (χ1v) is 10.8. The predicted molar refractivity (Wildman–Crippen MR) is 124 cm³/mol. The number of nitrogens with one attached hydrogen (secondary N) is 1. The van der Waals surface area contributed by atoms with Gasteiger partial charge in [0.15, 0.2) is 11.5 Å². The van der Waals surface area contributed by atoms with Crippen molar-refractivity contribution in [2.45, 2.75) is 19.4 Å². The first-order chi connectivity index (χ1) is 15.9. The number of halogens is 1. The van der Waals surface area contributed by atoms with Gasteiger partial charge in [0.1, 0.15) is 11.5 Å². The molecule has 1 aliphatic rings. The van der Waals surface area contributed by atoms with Crippen molar-refractivity contribution in [3.63, 3.8) is 0 Å². The van der Waals surface area contributed by atoms with E-state index in [1.807, 2.05) is 36.7 Å². The van der Waals surface area contributed by atoms with Crippen LogP contribution in [0.15, 0.2) is 48.8 Å². The molecule has 3 aromatic heterocycles. The highest BCUT2D eigenvalue weighted by atomic mass is 19.1. The fourth-order valence-corrected chi connectivity index (χ4v) is 4.17. The second kappa shape index (κ2) is 8.25. The van der Waals surface area contributed by atoms with Gasteiger partial charge in [0.25, 0.3) is 5.91 Å². The van der Waals surface area contributed by atoms with Crippen LogP contribution in [0.3, 0.4) is 0 Å². The first-order valence-electron chi connectivity index (χ1n) is 10.8. The van der Waals surface area contributed by atoms with Crippen molar-refractivity contribution in [2.75, 3.05) is 25.9 Å². The number of rotatable bonds is 4. The molecular formula is C24H24FN7O. The number of aryl methyl sites for hydroxylation is 1. The fraction of sp³-hybridized carbons (Fsp3) is 0.250. The summed E-state index contributed by atoms with van der Waals surface area (Å²) in [5.74, 6) is -0.678. The zero-order valence-corrected chi connectivity index (χ0v) is 18.4. The molecule has 1 fully saturated rings. The SMILES string of the molecule is Cc1cnc2ccc(-c3nc(C(=O)NC4CCN(C)C4)c(N)nc3-c3ccc(F)cc3)cn12. The second-order valence-corrected chi connectivity index (χ2v) is 8.43. The molecule has 1 amide bonds. The van der Waals surface area contributed by atoms with Gasteiger partial charge in [-0.2, -0.15) is 0 Å². The van der Waals surface area contributed by atoms with E-state index >= 15 is 0 Å². The average molecular weight is 446 g/mol. The molecule has 1 saturated heterocycles. The molecule has 1 unspecified atom stereocenters. The summed E-state index contributed by atoms with van der Waals surface area (Å²) in [6.07, 6.45) is 4.55. The van der Waals surface area contributed by atoms with Gasteiger partial charge in [-0.15, -0.1) is 0 Å². The van der Waals surface area contributed by atoms with Crippen LogP contribution in [0, 0.1) is 12.7 Å². The van der Waals surface area contributed by atoms with Crippen molar-refractivity contribution < 1.29 is 9.18 Å². The van der Waals surface area contributed by atoms with E-state index in [4.69, 9.17) is 5.73 Å². The number of imidazole rings is 1. The topological polar surface area (TPSA) is 101 Å². The van der Waals surface area contributed by atoms with E-state index in [-0.39, 0.29) is 29.3 Å². The van der Waals surface area contributed by atoms with Crippen molar-refractivity contribution in [2.24, 2.45) is 0 Å². The summed E-state index contributed by atoms with van der Waals surface area (Å²) in [5, 5.41) is 3.02. The van der Waals surface area contributed by atoms with E-state index in [1.165, 1.54) is 12.1 Å². The largest absolute Gasteiger partial charge is 0.382 e. The summed E-state index contributed by atoms with van der Waals surface area (Å²) < 4.78 is 15.5. The molecule has 168 valence electrons. The molecular weight excluding hydrogens is 421 g/mol. The number of aromatic nitrogens is 4. The van der Waals surface area contributed by atoms with Crippen LogP contribution in [-0.2, 0) is 0 Å². The Hall–Kier alpha value is -3.85. The summed E-state index contributed by atoms with van der Waals surface area (Å²) in [5.41, 5.74) is 10.4. The lowest BCUT2D eigenvalue weighted by molar-refractivity contribution is 0.0934. The highest BCUT2D eigenvalue weighted by molar-refractivity contribution is 5.98. The molecule has 8 nitrogen and oxygen atoms in total. The number of pyridine rings is 1. The van der Waals surface area contributed by atoms with E-state index in [0.717, 1.165) is 36.4 Å². The lowest BCUT2D eigenvalue weighted by Gasteiger charge is -2.16. The first kappa shape index (κ1) is 21.0. The molecule has 0 saturated carbocycles. The maximum Gasteiger partial charge on any atom is 0.274 e. The molecule has 0 aliphatic carbocycles. The van der Waals surface area contributed by atoms with Gasteiger partial charge in [-0.3, -0.25) is 4.79 Å². The number of amides is 1. The molecule has 0 radical (unpaired) electrons. The number of nitrogen functional groups attached to an aromatic ring is 1. The quantitative estimate of drug-likeness (QED) is 0.501. The molecule has 0 spiro atoms. The Kier molecular flexibility index (Phi) is 5.26. The highest BCUT2D eigenvalue weighted by Gasteiger charge is 2.25. The summed E-state index contributed by atoms with van der Waals surface area (Å²) >= 11 is 0. The van der Waals surface area contributed by atoms with Crippen LogP contribution < -0.4 is 11.1 Å². The normalized spacial score (nSPS) is 16.4. The molecule has 1 aromatic carbocycles. The lowest BCUT2D eigenvalue weighted by Crippen LogP contribution is -2.37. The molecule has 33 heavy (non-hydrogen) atoms. The second-order valence-electron chi connectivity index (χ2n) is 8.43. The highest BCUT2D eigenvalue weighted by Crippen LogP contribution is 2.31. The van der Waals surface area contributed by atoms with E-state index in [2.05, 4.69) is 25.2 Å². The molecule has 9 heteroatoms. The van der Waals surface area contributed by atoms with Gasteiger partial charge in [-0.05, 0) is 63.3 Å². The number of likely N-dealkylation sites (N-methyl/N-ethyl adjacent to an activating group) is 1. The van der Waals surface area contributed by atoms with Crippen molar-refractivity contribution in [3.8, 4) is 22.5 Å². The standard InChI is InChI=1S/C24H24FN7O/c1-14-11-27-19-8-5-16(12-32(14)19)21-20(15-3-6-17(25)7-4-15)30-23(26)22(29-21)24(33)28-18-9-10-31(2)13-18/h3-8,11-12,18H,9-10,13H2,1-2H3,(H2,26,30)(H,28,33). The van der Waals surface area contributed by atoms with Gasteiger partial charge in [0.05, 0.1) is 11.4 Å². The Morgan fingerprint density at radius 1 is 1.12 bits per heavy atom. The maximum atomic E-state index is 13.6. The third kappa shape index (κ3) is 4.03. The number of fused-ring (bicyclic) bond motifs is 1. The number of anilines is 1. The molecule has 4 heterocycles. The van der Waals surface area contributed by atoms with Crippen LogP contribution in [0.1, 0.15) is 22.6 Å². The number of hydrogen-bond donors (Lipinski definition) is 2. The van der Waals surface area contributed by atoms with Crippen LogP contribution in [0.5, 0.6) is 0 Å². The molecule has 4 aromatic rings. The van der Waals surface area contributed by atoms with Crippen molar-refractivity contribution >= 4 is 17.4 Å². The van der Waals surface area contributed by atoms with Crippen molar-refractivity contribution in [1.29, 1.82) is 0 Å². The Balaban J connectivity index is 1.63. The number of nitrogens with two attached hydrogens (primary N) is 1. The van der Waals surface area contributed by atoms with Gasteiger partial charge in [0, 0.05) is 41.8 Å². The Morgan fingerprint density at radius 2 is 1.85 bits per heavy atom. The van der Waals surface area contributed by atoms with Crippen molar-refractivity contribution in [1.82, 2.24) is 29.6 Å². The Bertz CT molecular complexity index is 1350. The minimum atomic E-state index is -0.355. The summed E-state index contributed by atoms with van der Waals surface area (Å²) in [4.78, 5) is 28.8. The predicted octanol–water partition coefficient (Wildman–Crippen LogP) is 2.92. The number of hydrogen-bond acceptors (Lipinski definition) is 6. The molecule has 1 atom stereocenters. The zero-order chi connectivity index (χ0) is 23.1.